The Hall–Kier alpha value is -3.43. The molecule has 1 aliphatic rings. The summed E-state index contributed by atoms with van der Waals surface area (Å²) in [7, 11) is 0. The molecular weight excluding hydrogens is 306 g/mol. The fourth-order valence-corrected chi connectivity index (χ4v) is 2.00. The summed E-state index contributed by atoms with van der Waals surface area (Å²) in [5, 5.41) is 15.0. The van der Waals surface area contributed by atoms with Crippen LogP contribution >= 0.6 is 0 Å². The normalized spacial score (nSPS) is 12.6. The van der Waals surface area contributed by atoms with Crippen LogP contribution in [0.1, 0.15) is 11.3 Å². The van der Waals surface area contributed by atoms with Crippen molar-refractivity contribution in [2.24, 2.45) is 5.10 Å². The van der Waals surface area contributed by atoms with Gasteiger partial charge < -0.3 is 9.47 Å². The highest BCUT2D eigenvalue weighted by molar-refractivity contribution is 5.87. The molecule has 2 N–H and O–H groups in total. The second kappa shape index (κ2) is 5.75. The molecule has 1 aromatic heterocycles. The van der Waals surface area contributed by atoms with Gasteiger partial charge in [0.15, 0.2) is 11.5 Å². The first-order valence-corrected chi connectivity index (χ1v) is 6.48. The number of hydrogen-bond acceptors (Lipinski definition) is 8. The minimum absolute atomic E-state index is 0.0137. The lowest BCUT2D eigenvalue weighted by Gasteiger charge is -2.02. The number of nitrogens with one attached hydrogen (secondary N) is 2. The van der Waals surface area contributed by atoms with Crippen LogP contribution in [0, 0.1) is 17.0 Å². The molecule has 0 aliphatic carbocycles. The monoisotopic (exact) mass is 317 g/mol. The fourth-order valence-electron chi connectivity index (χ4n) is 2.00. The van der Waals surface area contributed by atoms with E-state index in [0.717, 1.165) is 0 Å². The number of aromatic nitrogens is 2. The van der Waals surface area contributed by atoms with Crippen molar-refractivity contribution in [3.63, 3.8) is 0 Å². The van der Waals surface area contributed by atoms with Gasteiger partial charge in [-0.2, -0.15) is 5.10 Å². The molecule has 1 aliphatic heterocycles. The van der Waals surface area contributed by atoms with Crippen molar-refractivity contribution in [1.82, 2.24) is 9.97 Å². The summed E-state index contributed by atoms with van der Waals surface area (Å²) in [5.74, 6) is 0.847. The smallest absolute Gasteiger partial charge is 0.282 e. The minimum atomic E-state index is -0.546. The van der Waals surface area contributed by atoms with Gasteiger partial charge in [0.25, 0.3) is 11.2 Å². The second-order valence-corrected chi connectivity index (χ2v) is 4.63. The number of fused-ring (bicyclic) bond motifs is 1. The number of nitro benzene ring substituents is 1. The van der Waals surface area contributed by atoms with Crippen LogP contribution in [0.2, 0.25) is 0 Å². The summed E-state index contributed by atoms with van der Waals surface area (Å²) in [6.07, 6.45) is 1.24. The average Bonchev–Trinajstić information content (AvgIpc) is 2.92. The topological polar surface area (TPSA) is 132 Å². The van der Waals surface area contributed by atoms with E-state index in [-0.39, 0.29) is 29.6 Å². The molecule has 2 heterocycles. The number of hydrogen-bond donors (Lipinski definition) is 2. The molecule has 0 radical (unpaired) electrons. The zero-order valence-electron chi connectivity index (χ0n) is 11.9. The van der Waals surface area contributed by atoms with Gasteiger partial charge in [-0.3, -0.25) is 19.9 Å². The van der Waals surface area contributed by atoms with Crippen LogP contribution in [-0.2, 0) is 0 Å². The highest BCUT2D eigenvalue weighted by Crippen LogP contribution is 2.37. The van der Waals surface area contributed by atoms with Crippen molar-refractivity contribution in [2.45, 2.75) is 6.92 Å². The molecule has 0 unspecified atom stereocenters. The molecular formula is C13H11N5O5. The van der Waals surface area contributed by atoms with Gasteiger partial charge in [-0.05, 0) is 13.0 Å². The van der Waals surface area contributed by atoms with Gasteiger partial charge in [0.1, 0.15) is 0 Å². The Balaban J connectivity index is 1.87. The first-order valence-electron chi connectivity index (χ1n) is 6.48. The van der Waals surface area contributed by atoms with Crippen LogP contribution in [0.4, 0.5) is 11.6 Å². The van der Waals surface area contributed by atoms with E-state index in [2.05, 4.69) is 20.5 Å². The molecule has 23 heavy (non-hydrogen) atoms. The molecule has 1 aromatic carbocycles. The van der Waals surface area contributed by atoms with Crippen molar-refractivity contribution in [2.75, 3.05) is 12.2 Å². The Labute approximate surface area is 128 Å². The maximum atomic E-state index is 11.3. The van der Waals surface area contributed by atoms with Crippen molar-refractivity contribution >= 4 is 17.9 Å². The van der Waals surface area contributed by atoms with Gasteiger partial charge in [0.2, 0.25) is 12.7 Å². The van der Waals surface area contributed by atoms with Crippen LogP contribution in [0.3, 0.4) is 0 Å². The SMILES string of the molecule is Cc1cc(=O)[nH]c(N/N=C\c2cc3c(cc2[N+](=O)[O-])OCO3)n1. The van der Waals surface area contributed by atoms with Gasteiger partial charge >= 0.3 is 0 Å². The molecule has 0 spiro atoms. The third-order valence-corrected chi connectivity index (χ3v) is 2.96. The van der Waals surface area contributed by atoms with E-state index in [9.17, 15) is 14.9 Å². The maximum absolute atomic E-state index is 11.3. The number of aromatic amines is 1. The number of hydrazone groups is 1. The van der Waals surface area contributed by atoms with Gasteiger partial charge in [-0.1, -0.05) is 0 Å². The number of aryl methyl sites for hydroxylation is 1. The van der Waals surface area contributed by atoms with Gasteiger partial charge in [-0.25, -0.2) is 10.4 Å². The lowest BCUT2D eigenvalue weighted by Crippen LogP contribution is -2.10. The Morgan fingerprint density at radius 1 is 1.39 bits per heavy atom. The van der Waals surface area contributed by atoms with E-state index in [1.807, 2.05) is 0 Å². The summed E-state index contributed by atoms with van der Waals surface area (Å²) in [6.45, 7) is 1.67. The summed E-state index contributed by atoms with van der Waals surface area (Å²) < 4.78 is 10.3. The number of nitrogens with zero attached hydrogens (tertiary/aromatic N) is 3. The number of anilines is 1. The van der Waals surface area contributed by atoms with E-state index >= 15 is 0 Å². The molecule has 0 saturated heterocycles. The van der Waals surface area contributed by atoms with E-state index in [4.69, 9.17) is 9.47 Å². The number of nitro groups is 1. The lowest BCUT2D eigenvalue weighted by molar-refractivity contribution is -0.385. The molecule has 0 amide bonds. The largest absolute Gasteiger partial charge is 0.454 e. The average molecular weight is 317 g/mol. The van der Waals surface area contributed by atoms with Crippen LogP contribution in [0.25, 0.3) is 0 Å². The molecule has 0 bridgehead atoms. The zero-order chi connectivity index (χ0) is 16.4. The zero-order valence-corrected chi connectivity index (χ0v) is 11.9. The van der Waals surface area contributed by atoms with Crippen molar-refractivity contribution < 1.29 is 14.4 Å². The van der Waals surface area contributed by atoms with Gasteiger partial charge in [-0.15, -0.1) is 0 Å². The van der Waals surface area contributed by atoms with E-state index in [1.54, 1.807) is 6.92 Å². The molecule has 2 aromatic rings. The molecule has 0 saturated carbocycles. The van der Waals surface area contributed by atoms with Crippen LogP contribution in [0.5, 0.6) is 11.5 Å². The predicted molar refractivity (Wildman–Crippen MR) is 80.0 cm³/mol. The maximum Gasteiger partial charge on any atom is 0.282 e. The van der Waals surface area contributed by atoms with Crippen LogP contribution in [-0.4, -0.2) is 27.9 Å². The second-order valence-electron chi connectivity index (χ2n) is 4.63. The van der Waals surface area contributed by atoms with E-state index in [1.165, 1.54) is 24.4 Å². The lowest BCUT2D eigenvalue weighted by atomic mass is 10.1. The Kier molecular flexibility index (Phi) is 3.63. The molecule has 10 nitrogen and oxygen atoms in total. The van der Waals surface area contributed by atoms with Crippen molar-refractivity contribution in [3.05, 3.63) is 49.9 Å². The third-order valence-electron chi connectivity index (χ3n) is 2.96. The number of rotatable bonds is 4. The molecule has 118 valence electrons. The predicted octanol–water partition coefficient (Wildman–Crippen LogP) is 1.16. The van der Waals surface area contributed by atoms with Crippen molar-refractivity contribution in [1.29, 1.82) is 0 Å². The number of H-pyrrole nitrogens is 1. The number of ether oxygens (including phenoxy) is 2. The highest BCUT2D eigenvalue weighted by Gasteiger charge is 2.22. The quantitative estimate of drug-likeness (QED) is 0.491. The fraction of sp³-hybridized carbons (Fsp3) is 0.154. The summed E-state index contributed by atoms with van der Waals surface area (Å²) in [4.78, 5) is 28.3. The third kappa shape index (κ3) is 3.10. The van der Waals surface area contributed by atoms with E-state index in [0.29, 0.717) is 17.2 Å². The standard InChI is InChI=1S/C13H11N5O5/c1-7-2-12(19)16-13(15-7)17-14-5-8-3-10-11(23-6-22-10)4-9(8)18(20)21/h2-5H,6H2,1H3,(H2,15,16,17,19)/b14-5-. The van der Waals surface area contributed by atoms with E-state index < -0.39 is 4.92 Å². The molecule has 3 rings (SSSR count). The first kappa shape index (κ1) is 14.5. The molecule has 0 fully saturated rings. The Bertz CT molecular complexity index is 860. The molecule has 0 atom stereocenters. The minimum Gasteiger partial charge on any atom is -0.454 e. The van der Waals surface area contributed by atoms with Crippen LogP contribution < -0.4 is 20.5 Å². The molecule has 10 heteroatoms. The first-order chi connectivity index (χ1) is 11.0. The summed E-state index contributed by atoms with van der Waals surface area (Å²) >= 11 is 0. The Morgan fingerprint density at radius 3 is 2.83 bits per heavy atom. The van der Waals surface area contributed by atoms with Crippen LogP contribution in [0.15, 0.2) is 28.1 Å². The number of benzene rings is 1. The van der Waals surface area contributed by atoms with Crippen molar-refractivity contribution in [3.8, 4) is 11.5 Å². The Morgan fingerprint density at radius 2 is 2.13 bits per heavy atom. The van der Waals surface area contributed by atoms with Gasteiger partial charge in [0.05, 0.1) is 22.8 Å². The summed E-state index contributed by atoms with van der Waals surface area (Å²) in [6, 6.07) is 4.06. The highest BCUT2D eigenvalue weighted by atomic mass is 16.7. The summed E-state index contributed by atoms with van der Waals surface area (Å²) in [5.41, 5.74) is 2.75. The van der Waals surface area contributed by atoms with Gasteiger partial charge in [0, 0.05) is 11.8 Å².